The van der Waals surface area contributed by atoms with Gasteiger partial charge in [0.1, 0.15) is 12.3 Å². The molecule has 0 saturated carbocycles. The fourth-order valence-electron chi connectivity index (χ4n) is 2.49. The molecule has 2 aromatic rings. The van der Waals surface area contributed by atoms with Gasteiger partial charge < -0.3 is 20.5 Å². The van der Waals surface area contributed by atoms with Crippen molar-refractivity contribution >= 4 is 23.5 Å². The monoisotopic (exact) mass is 398 g/mol. The van der Waals surface area contributed by atoms with Crippen molar-refractivity contribution < 1.29 is 24.2 Å². The zero-order chi connectivity index (χ0) is 21.2. The molecule has 0 atom stereocenters. The third kappa shape index (κ3) is 8.47. The van der Waals surface area contributed by atoms with Gasteiger partial charge in [-0.3, -0.25) is 14.4 Å². The number of rotatable bonds is 10. The summed E-state index contributed by atoms with van der Waals surface area (Å²) in [5, 5.41) is 13.7. The summed E-state index contributed by atoms with van der Waals surface area (Å²) < 4.78 is 5.63. The Kier molecular flexibility index (Phi) is 8.21. The normalized spacial score (nSPS) is 10.4. The van der Waals surface area contributed by atoms with E-state index >= 15 is 0 Å². The van der Waals surface area contributed by atoms with Crippen molar-refractivity contribution in [2.24, 2.45) is 5.92 Å². The van der Waals surface area contributed by atoms with E-state index in [1.165, 1.54) is 0 Å². The molecule has 0 unspecified atom stereocenters. The van der Waals surface area contributed by atoms with Crippen LogP contribution in [0, 0.1) is 5.92 Å². The molecule has 2 aromatic carbocycles. The average molecular weight is 398 g/mol. The Morgan fingerprint density at radius 3 is 2.00 bits per heavy atom. The molecule has 154 valence electrons. The van der Waals surface area contributed by atoms with Gasteiger partial charge in [0.25, 0.3) is 0 Å². The summed E-state index contributed by atoms with van der Waals surface area (Å²) in [5.41, 5.74) is 2.23. The number of amides is 2. The maximum Gasteiger partial charge on any atom is 0.322 e. The molecule has 7 nitrogen and oxygen atoms in total. The van der Waals surface area contributed by atoms with Gasteiger partial charge in [0, 0.05) is 5.69 Å². The smallest absolute Gasteiger partial charge is 0.322 e. The van der Waals surface area contributed by atoms with E-state index in [1.54, 1.807) is 24.3 Å². The zero-order valence-electron chi connectivity index (χ0n) is 16.6. The van der Waals surface area contributed by atoms with E-state index in [0.29, 0.717) is 18.2 Å². The van der Waals surface area contributed by atoms with Crippen LogP contribution in [-0.4, -0.2) is 36.0 Å². The van der Waals surface area contributed by atoms with Crippen molar-refractivity contribution in [1.82, 2.24) is 5.32 Å². The number of ether oxygens (including phenoxy) is 1. The molecule has 29 heavy (non-hydrogen) atoms. The summed E-state index contributed by atoms with van der Waals surface area (Å²) in [6.45, 7) is 4.41. The first-order chi connectivity index (χ1) is 13.8. The van der Waals surface area contributed by atoms with Crippen LogP contribution in [0.25, 0.3) is 0 Å². The molecule has 7 heteroatoms. The predicted octanol–water partition coefficient (Wildman–Crippen LogP) is 2.65. The summed E-state index contributed by atoms with van der Waals surface area (Å²) in [6, 6.07) is 14.3. The van der Waals surface area contributed by atoms with Gasteiger partial charge in [0.15, 0.2) is 0 Å². The highest BCUT2D eigenvalue weighted by molar-refractivity contribution is 5.92. The first-order valence-corrected chi connectivity index (χ1v) is 9.41. The van der Waals surface area contributed by atoms with E-state index in [1.807, 2.05) is 24.3 Å². The first kappa shape index (κ1) is 21.9. The van der Waals surface area contributed by atoms with Gasteiger partial charge in [-0.05, 0) is 41.3 Å². The standard InChI is InChI=1S/C22H26N2O5/c1-15(2)14-29-19-9-5-17(6-10-19)12-21(26)24-18-7-3-16(4-8-18)11-20(25)23-13-22(27)28/h3-10,15H,11-14H2,1-2H3,(H,23,25)(H,24,26)(H,27,28). The number of hydrogen-bond acceptors (Lipinski definition) is 4. The molecular weight excluding hydrogens is 372 g/mol. The zero-order valence-corrected chi connectivity index (χ0v) is 16.6. The minimum Gasteiger partial charge on any atom is -0.493 e. The molecule has 0 radical (unpaired) electrons. The summed E-state index contributed by atoms with van der Waals surface area (Å²) >= 11 is 0. The molecule has 0 heterocycles. The second-order valence-corrected chi connectivity index (χ2v) is 7.12. The highest BCUT2D eigenvalue weighted by Crippen LogP contribution is 2.15. The Bertz CT molecular complexity index is 829. The molecule has 3 N–H and O–H groups in total. The summed E-state index contributed by atoms with van der Waals surface area (Å²) in [7, 11) is 0. The van der Waals surface area contributed by atoms with E-state index in [-0.39, 0.29) is 24.7 Å². The lowest BCUT2D eigenvalue weighted by Crippen LogP contribution is -2.30. The Hall–Kier alpha value is -3.35. The van der Waals surface area contributed by atoms with Gasteiger partial charge in [-0.2, -0.15) is 0 Å². The van der Waals surface area contributed by atoms with Gasteiger partial charge in [-0.15, -0.1) is 0 Å². The van der Waals surface area contributed by atoms with Crippen LogP contribution >= 0.6 is 0 Å². The van der Waals surface area contributed by atoms with Crippen LogP contribution < -0.4 is 15.4 Å². The van der Waals surface area contributed by atoms with Crippen LogP contribution in [0.15, 0.2) is 48.5 Å². The van der Waals surface area contributed by atoms with Crippen LogP contribution in [-0.2, 0) is 27.2 Å². The molecule has 0 aliphatic rings. The number of aliphatic carboxylic acids is 1. The lowest BCUT2D eigenvalue weighted by Gasteiger charge is -2.10. The van der Waals surface area contributed by atoms with Crippen LogP contribution in [0.1, 0.15) is 25.0 Å². The van der Waals surface area contributed by atoms with Crippen molar-refractivity contribution in [2.45, 2.75) is 26.7 Å². The third-order valence-corrected chi connectivity index (χ3v) is 3.91. The van der Waals surface area contributed by atoms with Crippen LogP contribution in [0.3, 0.4) is 0 Å². The maximum absolute atomic E-state index is 12.2. The highest BCUT2D eigenvalue weighted by atomic mass is 16.5. The number of carbonyl (C=O) groups is 3. The largest absolute Gasteiger partial charge is 0.493 e. The summed E-state index contributed by atoms with van der Waals surface area (Å²) in [4.78, 5) is 34.3. The number of nitrogens with one attached hydrogen (secondary N) is 2. The number of benzene rings is 2. The van der Waals surface area contributed by atoms with E-state index in [4.69, 9.17) is 9.84 Å². The molecule has 2 rings (SSSR count). The lowest BCUT2D eigenvalue weighted by atomic mass is 10.1. The molecule has 0 fully saturated rings. The van der Waals surface area contributed by atoms with E-state index < -0.39 is 12.5 Å². The van der Waals surface area contributed by atoms with Gasteiger partial charge >= 0.3 is 5.97 Å². The molecule has 0 aliphatic carbocycles. The Morgan fingerprint density at radius 1 is 0.897 bits per heavy atom. The fraction of sp³-hybridized carbons (Fsp3) is 0.318. The number of carboxylic acids is 1. The third-order valence-electron chi connectivity index (χ3n) is 3.91. The number of carboxylic acid groups (broad SMARTS) is 1. The highest BCUT2D eigenvalue weighted by Gasteiger charge is 2.07. The van der Waals surface area contributed by atoms with Gasteiger partial charge in [-0.25, -0.2) is 0 Å². The first-order valence-electron chi connectivity index (χ1n) is 9.41. The molecular formula is C22H26N2O5. The summed E-state index contributed by atoms with van der Waals surface area (Å²) in [5.74, 6) is -0.372. The molecule has 0 bridgehead atoms. The van der Waals surface area contributed by atoms with E-state index in [9.17, 15) is 14.4 Å². The Labute approximate surface area is 170 Å². The molecule has 0 spiro atoms. The van der Waals surface area contributed by atoms with Crippen molar-refractivity contribution in [3.63, 3.8) is 0 Å². The molecule has 2 amide bonds. The average Bonchev–Trinajstić information content (AvgIpc) is 2.67. The predicted molar refractivity (Wildman–Crippen MR) is 110 cm³/mol. The maximum atomic E-state index is 12.2. The molecule has 0 saturated heterocycles. The van der Waals surface area contributed by atoms with Crippen molar-refractivity contribution in [3.8, 4) is 5.75 Å². The topological polar surface area (TPSA) is 105 Å². The molecule has 0 aliphatic heterocycles. The van der Waals surface area contributed by atoms with Crippen LogP contribution in [0.2, 0.25) is 0 Å². The lowest BCUT2D eigenvalue weighted by molar-refractivity contribution is -0.137. The van der Waals surface area contributed by atoms with Gasteiger partial charge in [0.2, 0.25) is 11.8 Å². The minimum atomic E-state index is -1.09. The Morgan fingerprint density at radius 2 is 1.45 bits per heavy atom. The van der Waals surface area contributed by atoms with E-state index in [0.717, 1.165) is 16.9 Å². The quantitative estimate of drug-likeness (QED) is 0.571. The fourth-order valence-corrected chi connectivity index (χ4v) is 2.49. The minimum absolute atomic E-state index is 0.0761. The van der Waals surface area contributed by atoms with Gasteiger partial charge in [-0.1, -0.05) is 38.1 Å². The van der Waals surface area contributed by atoms with Crippen molar-refractivity contribution in [3.05, 3.63) is 59.7 Å². The van der Waals surface area contributed by atoms with Crippen molar-refractivity contribution in [1.29, 1.82) is 0 Å². The second-order valence-electron chi connectivity index (χ2n) is 7.12. The summed E-state index contributed by atoms with van der Waals surface area (Å²) in [6.07, 6.45) is 0.316. The number of anilines is 1. The SMILES string of the molecule is CC(C)COc1ccc(CC(=O)Nc2ccc(CC(=O)NCC(=O)O)cc2)cc1. The second kappa shape index (κ2) is 10.8. The van der Waals surface area contributed by atoms with Crippen LogP contribution in [0.5, 0.6) is 5.75 Å². The van der Waals surface area contributed by atoms with E-state index in [2.05, 4.69) is 24.5 Å². The molecule has 0 aromatic heterocycles. The number of hydrogen-bond donors (Lipinski definition) is 3. The van der Waals surface area contributed by atoms with Crippen molar-refractivity contribution in [2.75, 3.05) is 18.5 Å². The van der Waals surface area contributed by atoms with Gasteiger partial charge in [0.05, 0.1) is 19.4 Å². The Balaban J connectivity index is 1.81. The number of carbonyl (C=O) groups excluding carboxylic acids is 2. The van der Waals surface area contributed by atoms with Crippen LogP contribution in [0.4, 0.5) is 5.69 Å².